The third-order valence-corrected chi connectivity index (χ3v) is 7.31. The Kier molecular flexibility index (Phi) is 8.34. The maximum absolute atomic E-state index is 14.8. The maximum atomic E-state index is 14.8. The number of ether oxygens (including phenoxy) is 1. The molecule has 200 valence electrons. The monoisotopic (exact) mass is 509 g/mol. The van der Waals surface area contributed by atoms with Gasteiger partial charge in [0.1, 0.15) is 5.60 Å². The molecule has 2 aromatic rings. The number of hydrogen-bond acceptors (Lipinski definition) is 5. The Bertz CT molecular complexity index is 1080. The van der Waals surface area contributed by atoms with Crippen molar-refractivity contribution in [2.75, 3.05) is 6.54 Å². The number of aromatic nitrogens is 1. The summed E-state index contributed by atoms with van der Waals surface area (Å²) in [6, 6.07) is 9.77. The Morgan fingerprint density at radius 3 is 2.68 bits per heavy atom. The fourth-order valence-corrected chi connectivity index (χ4v) is 5.27. The molecule has 1 aromatic heterocycles. The lowest BCUT2D eigenvalue weighted by atomic mass is 9.73. The number of carbonyl (C=O) groups excluding carboxylic acids is 1. The SMILES string of the molecule is C=CC[C@H](NC(=O)[C@@H](F)c1ccccc1)[C@H](O)CN[C@H]1CC2(CCC2)Oc2ncc(CC(C)(C)C)cc21. The predicted octanol–water partition coefficient (Wildman–Crippen LogP) is 5.14. The lowest BCUT2D eigenvalue weighted by Gasteiger charge is -2.47. The number of aliphatic hydroxyl groups is 1. The van der Waals surface area contributed by atoms with Gasteiger partial charge in [0.15, 0.2) is 0 Å². The number of aliphatic hydroxyl groups excluding tert-OH is 1. The zero-order valence-electron chi connectivity index (χ0n) is 22.2. The first kappa shape index (κ1) is 27.3. The third-order valence-electron chi connectivity index (χ3n) is 7.31. The van der Waals surface area contributed by atoms with E-state index in [4.69, 9.17) is 4.74 Å². The smallest absolute Gasteiger partial charge is 0.259 e. The molecule has 1 aliphatic heterocycles. The number of pyridine rings is 1. The highest BCUT2D eigenvalue weighted by Crippen LogP contribution is 2.48. The number of amides is 1. The number of benzene rings is 1. The molecule has 0 saturated heterocycles. The van der Waals surface area contributed by atoms with Crippen LogP contribution in [0.4, 0.5) is 4.39 Å². The van der Waals surface area contributed by atoms with E-state index >= 15 is 0 Å². The minimum absolute atomic E-state index is 0.0376. The van der Waals surface area contributed by atoms with E-state index in [0.717, 1.165) is 43.2 Å². The van der Waals surface area contributed by atoms with Crippen LogP contribution in [0.5, 0.6) is 5.88 Å². The summed E-state index contributed by atoms with van der Waals surface area (Å²) >= 11 is 0. The highest BCUT2D eigenvalue weighted by atomic mass is 19.1. The molecule has 1 amide bonds. The fourth-order valence-electron chi connectivity index (χ4n) is 5.27. The summed E-state index contributed by atoms with van der Waals surface area (Å²) in [5, 5.41) is 17.2. The predicted molar refractivity (Wildman–Crippen MR) is 143 cm³/mol. The Morgan fingerprint density at radius 1 is 1.32 bits per heavy atom. The van der Waals surface area contributed by atoms with Crippen molar-refractivity contribution in [1.82, 2.24) is 15.6 Å². The van der Waals surface area contributed by atoms with Crippen molar-refractivity contribution in [3.63, 3.8) is 0 Å². The maximum Gasteiger partial charge on any atom is 0.259 e. The van der Waals surface area contributed by atoms with Crippen LogP contribution < -0.4 is 15.4 Å². The van der Waals surface area contributed by atoms with E-state index < -0.39 is 24.2 Å². The van der Waals surface area contributed by atoms with Gasteiger partial charge in [-0.3, -0.25) is 4.79 Å². The largest absolute Gasteiger partial charge is 0.471 e. The van der Waals surface area contributed by atoms with Crippen molar-refractivity contribution in [2.24, 2.45) is 5.41 Å². The number of halogens is 1. The van der Waals surface area contributed by atoms with Gasteiger partial charge in [0, 0.05) is 30.8 Å². The van der Waals surface area contributed by atoms with E-state index in [-0.39, 0.29) is 29.2 Å². The van der Waals surface area contributed by atoms with Crippen LogP contribution in [0, 0.1) is 5.41 Å². The van der Waals surface area contributed by atoms with Gasteiger partial charge in [-0.1, -0.05) is 57.2 Å². The first-order valence-corrected chi connectivity index (χ1v) is 13.3. The summed E-state index contributed by atoms with van der Waals surface area (Å²) in [5.41, 5.74) is 2.36. The fraction of sp³-hybridized carbons (Fsp3) is 0.533. The van der Waals surface area contributed by atoms with Crippen LogP contribution in [0.1, 0.15) is 81.8 Å². The number of rotatable bonds is 10. The van der Waals surface area contributed by atoms with Gasteiger partial charge >= 0.3 is 0 Å². The van der Waals surface area contributed by atoms with Gasteiger partial charge in [-0.2, -0.15) is 0 Å². The molecule has 2 aliphatic rings. The standard InChI is InChI=1S/C30H40FN3O3/c1-5-10-23(34-27(36)26(31)21-11-7-6-8-12-21)25(35)19-32-24-17-30(13-9-14-30)37-28-22(24)15-20(18-33-28)16-29(2,3)4/h5-8,11-12,15,18,23-26,32,35H,1,9-10,13-14,16-17,19H2,2-4H3,(H,34,36)/t23-,24-,25+,26-/m0/s1. The highest BCUT2D eigenvalue weighted by molar-refractivity contribution is 5.82. The summed E-state index contributed by atoms with van der Waals surface area (Å²) in [6.07, 6.45) is 5.92. The molecule has 1 saturated carbocycles. The van der Waals surface area contributed by atoms with Crippen molar-refractivity contribution in [3.8, 4) is 5.88 Å². The van der Waals surface area contributed by atoms with Gasteiger partial charge in [0.05, 0.1) is 12.1 Å². The summed E-state index contributed by atoms with van der Waals surface area (Å²) in [5.74, 6) is -0.104. The highest BCUT2D eigenvalue weighted by Gasteiger charge is 2.46. The quantitative estimate of drug-likeness (QED) is 0.387. The normalized spacial score (nSPS) is 20.6. The molecule has 4 rings (SSSR count). The number of nitrogens with zero attached hydrogens (tertiary/aromatic N) is 1. The second-order valence-electron chi connectivity index (χ2n) is 11.8. The van der Waals surface area contributed by atoms with Crippen molar-refractivity contribution in [1.29, 1.82) is 0 Å². The van der Waals surface area contributed by atoms with Gasteiger partial charge in [-0.15, -0.1) is 6.58 Å². The minimum Gasteiger partial charge on any atom is -0.471 e. The molecule has 4 atom stereocenters. The first-order valence-electron chi connectivity index (χ1n) is 13.3. The summed E-state index contributed by atoms with van der Waals surface area (Å²) in [6.45, 7) is 10.6. The molecular formula is C30H40FN3O3. The topological polar surface area (TPSA) is 83.5 Å². The van der Waals surface area contributed by atoms with Crippen molar-refractivity contribution >= 4 is 5.91 Å². The molecule has 0 unspecified atom stereocenters. The van der Waals surface area contributed by atoms with E-state index in [9.17, 15) is 14.3 Å². The Balaban J connectivity index is 1.45. The van der Waals surface area contributed by atoms with Crippen molar-refractivity contribution in [3.05, 3.63) is 71.9 Å². The molecule has 1 aliphatic carbocycles. The first-order chi connectivity index (χ1) is 17.6. The van der Waals surface area contributed by atoms with E-state index in [0.29, 0.717) is 12.3 Å². The molecule has 7 heteroatoms. The summed E-state index contributed by atoms with van der Waals surface area (Å²) in [7, 11) is 0. The van der Waals surface area contributed by atoms with Crippen LogP contribution in [0.15, 0.2) is 55.3 Å². The molecule has 37 heavy (non-hydrogen) atoms. The molecule has 0 bridgehead atoms. The number of nitrogens with one attached hydrogen (secondary N) is 2. The molecule has 3 N–H and O–H groups in total. The molecular weight excluding hydrogens is 469 g/mol. The average molecular weight is 510 g/mol. The Morgan fingerprint density at radius 2 is 2.05 bits per heavy atom. The van der Waals surface area contributed by atoms with Gasteiger partial charge in [-0.25, -0.2) is 9.37 Å². The number of alkyl halides is 1. The zero-order valence-corrected chi connectivity index (χ0v) is 22.2. The van der Waals surface area contributed by atoms with Crippen LogP contribution in [0.3, 0.4) is 0 Å². The van der Waals surface area contributed by atoms with E-state index in [1.54, 1.807) is 36.4 Å². The van der Waals surface area contributed by atoms with Crippen molar-refractivity contribution in [2.45, 2.75) is 89.3 Å². The van der Waals surface area contributed by atoms with Crippen LogP contribution in [0.25, 0.3) is 0 Å². The lowest BCUT2D eigenvalue weighted by Crippen LogP contribution is -2.52. The van der Waals surface area contributed by atoms with Gasteiger partial charge in [0.25, 0.3) is 5.91 Å². The van der Waals surface area contributed by atoms with Crippen LogP contribution >= 0.6 is 0 Å². The zero-order chi connectivity index (χ0) is 26.6. The van der Waals surface area contributed by atoms with Gasteiger partial charge in [-0.05, 0) is 54.7 Å². The minimum atomic E-state index is -1.80. The molecule has 2 heterocycles. The van der Waals surface area contributed by atoms with Crippen molar-refractivity contribution < 1.29 is 19.0 Å². The number of fused-ring (bicyclic) bond motifs is 1. The Labute approximate surface area is 219 Å². The van der Waals surface area contributed by atoms with Crippen LogP contribution in [-0.4, -0.2) is 40.3 Å². The van der Waals surface area contributed by atoms with E-state index in [2.05, 4.69) is 49.0 Å². The van der Waals surface area contributed by atoms with E-state index in [1.807, 2.05) is 6.20 Å². The molecule has 1 aromatic carbocycles. The molecule has 1 fully saturated rings. The van der Waals surface area contributed by atoms with Crippen LogP contribution in [-0.2, 0) is 11.2 Å². The molecule has 6 nitrogen and oxygen atoms in total. The molecule has 0 radical (unpaired) electrons. The third kappa shape index (κ3) is 6.76. The summed E-state index contributed by atoms with van der Waals surface area (Å²) < 4.78 is 21.1. The van der Waals surface area contributed by atoms with Gasteiger partial charge in [0.2, 0.25) is 12.1 Å². The second-order valence-corrected chi connectivity index (χ2v) is 11.8. The second kappa shape index (κ2) is 11.3. The Hall–Kier alpha value is -2.77. The number of hydrogen-bond donors (Lipinski definition) is 3. The van der Waals surface area contributed by atoms with Gasteiger partial charge < -0.3 is 20.5 Å². The van der Waals surface area contributed by atoms with Crippen LogP contribution in [0.2, 0.25) is 0 Å². The summed E-state index contributed by atoms with van der Waals surface area (Å²) in [4.78, 5) is 17.3. The lowest BCUT2D eigenvalue weighted by molar-refractivity contribution is -0.127. The van der Waals surface area contributed by atoms with E-state index in [1.165, 1.54) is 0 Å². The number of carbonyl (C=O) groups is 1. The average Bonchev–Trinajstić information content (AvgIpc) is 2.84. The molecule has 1 spiro atoms.